The highest BCUT2D eigenvalue weighted by Gasteiger charge is 2.20. The highest BCUT2D eigenvalue weighted by atomic mass is 19.1. The van der Waals surface area contributed by atoms with Crippen molar-refractivity contribution >= 4 is 22.8 Å². The molecule has 0 saturated carbocycles. The van der Waals surface area contributed by atoms with Crippen molar-refractivity contribution < 1.29 is 13.7 Å². The molecule has 0 aliphatic heterocycles. The lowest BCUT2D eigenvalue weighted by atomic mass is 10.1. The van der Waals surface area contributed by atoms with Crippen LogP contribution in [-0.4, -0.2) is 24.4 Å². The zero-order valence-electron chi connectivity index (χ0n) is 19.1. The van der Waals surface area contributed by atoms with E-state index >= 15 is 0 Å². The number of anilines is 1. The van der Waals surface area contributed by atoms with Crippen LogP contribution in [-0.2, 0) is 6.54 Å². The van der Waals surface area contributed by atoms with Crippen LogP contribution in [0.15, 0.2) is 42.7 Å². The van der Waals surface area contributed by atoms with Gasteiger partial charge >= 0.3 is 0 Å². The van der Waals surface area contributed by atoms with Crippen LogP contribution in [0, 0.1) is 33.1 Å². The fourth-order valence-electron chi connectivity index (χ4n) is 3.03. The molecule has 9 nitrogen and oxygen atoms in total. The van der Waals surface area contributed by atoms with Crippen molar-refractivity contribution in [1.29, 1.82) is 5.26 Å². The van der Waals surface area contributed by atoms with E-state index in [4.69, 9.17) is 11.0 Å². The molecule has 2 heterocycles. The number of nitrogen functional groups attached to an aromatic ring is 1. The van der Waals surface area contributed by atoms with Crippen LogP contribution in [0.1, 0.15) is 38.8 Å². The average Bonchev–Trinajstić information content (AvgIpc) is 3.25. The summed E-state index contributed by atoms with van der Waals surface area (Å²) in [7, 11) is 0. The highest BCUT2D eigenvalue weighted by molar-refractivity contribution is 5.88. The van der Waals surface area contributed by atoms with E-state index in [2.05, 4.69) is 15.0 Å². The summed E-state index contributed by atoms with van der Waals surface area (Å²) in [6, 6.07) is 9.97. The largest absolute Gasteiger partial charge is 0.368 e. The molecule has 0 amide bonds. The Kier molecular flexibility index (Phi) is 8.66. The normalized spacial score (nSPS) is 9.91. The second-order valence-corrected chi connectivity index (χ2v) is 6.31. The quantitative estimate of drug-likeness (QED) is 0.320. The first-order valence-electron chi connectivity index (χ1n) is 10.5. The molecule has 0 spiro atoms. The van der Waals surface area contributed by atoms with Gasteiger partial charge in [-0.05, 0) is 12.1 Å². The molecule has 0 radical (unpaired) electrons. The van der Waals surface area contributed by atoms with Crippen LogP contribution in [0.3, 0.4) is 0 Å². The Hall–Kier alpha value is -4.46. The summed E-state index contributed by atoms with van der Waals surface area (Å²) in [5.74, 6) is -2.22. The first-order valence-corrected chi connectivity index (χ1v) is 10.5. The van der Waals surface area contributed by atoms with Crippen LogP contribution in [0.4, 0.5) is 20.4 Å². The molecule has 11 heteroatoms. The van der Waals surface area contributed by atoms with Gasteiger partial charge in [0.2, 0.25) is 5.95 Å². The van der Waals surface area contributed by atoms with Gasteiger partial charge in [-0.3, -0.25) is 10.1 Å². The monoisotopic (exact) mass is 467 g/mol. The number of non-ortho nitro benzene ring substituents is 1. The lowest BCUT2D eigenvalue weighted by Crippen LogP contribution is -2.07. The molecule has 2 N–H and O–H groups in total. The fourth-order valence-corrected chi connectivity index (χ4v) is 3.03. The standard InChI is InChI=1S/C19H11F2N7O2.2C2H6/c20-14-5-12(28(29)30)6-15(21)13(14)8-27-9-24-17-16(25-19(23)26-18(17)27)11-3-1-2-10(4-11)7-22;2*1-2/h1-6,9H,8H2,(H2,23,25,26);2*1-2H3. The maximum absolute atomic E-state index is 14.3. The zero-order valence-corrected chi connectivity index (χ0v) is 19.1. The third-order valence-corrected chi connectivity index (χ3v) is 4.41. The molecule has 2 aromatic carbocycles. The molecule has 34 heavy (non-hydrogen) atoms. The van der Waals surface area contributed by atoms with Crippen molar-refractivity contribution in [1.82, 2.24) is 19.5 Å². The molecule has 0 atom stereocenters. The Morgan fingerprint density at radius 2 is 1.76 bits per heavy atom. The number of rotatable bonds is 4. The minimum absolute atomic E-state index is 0.0914. The maximum Gasteiger partial charge on any atom is 0.275 e. The van der Waals surface area contributed by atoms with Gasteiger partial charge in [0.1, 0.15) is 22.8 Å². The third kappa shape index (κ3) is 5.29. The molecule has 0 unspecified atom stereocenters. The molecule has 0 aliphatic carbocycles. The van der Waals surface area contributed by atoms with Gasteiger partial charge in [0.25, 0.3) is 5.69 Å². The lowest BCUT2D eigenvalue weighted by Gasteiger charge is -2.08. The van der Waals surface area contributed by atoms with E-state index in [-0.39, 0.29) is 23.7 Å². The van der Waals surface area contributed by atoms with Gasteiger partial charge < -0.3 is 10.3 Å². The predicted molar refractivity (Wildman–Crippen MR) is 125 cm³/mol. The molecule has 176 valence electrons. The number of fused-ring (bicyclic) bond motifs is 1. The summed E-state index contributed by atoms with van der Waals surface area (Å²) in [5, 5.41) is 19.9. The molecule has 0 bridgehead atoms. The molecular formula is C23H23F2N7O2. The summed E-state index contributed by atoms with van der Waals surface area (Å²) < 4.78 is 30.0. The minimum Gasteiger partial charge on any atom is -0.368 e. The smallest absolute Gasteiger partial charge is 0.275 e. The van der Waals surface area contributed by atoms with Gasteiger partial charge in [-0.15, -0.1) is 0 Å². The number of imidazole rings is 1. The second kappa shape index (κ2) is 11.4. The van der Waals surface area contributed by atoms with Gasteiger partial charge in [-0.2, -0.15) is 10.2 Å². The van der Waals surface area contributed by atoms with Crippen molar-refractivity contribution in [3.05, 3.63) is 75.6 Å². The Balaban J connectivity index is 0.000000970. The van der Waals surface area contributed by atoms with E-state index in [1.807, 2.05) is 33.8 Å². The number of nitriles is 1. The number of aromatic nitrogens is 4. The first-order chi connectivity index (χ1) is 16.4. The molecule has 4 rings (SSSR count). The Morgan fingerprint density at radius 1 is 1.12 bits per heavy atom. The number of benzene rings is 2. The van der Waals surface area contributed by atoms with Crippen LogP contribution >= 0.6 is 0 Å². The molecule has 0 fully saturated rings. The SMILES string of the molecule is CC.CC.N#Cc1cccc(-c2nc(N)nc3c2ncn3Cc2c(F)cc([N+](=O)[O-])cc2F)c1. The number of hydrogen-bond donors (Lipinski definition) is 1. The molecular weight excluding hydrogens is 444 g/mol. The summed E-state index contributed by atoms with van der Waals surface area (Å²) in [6.07, 6.45) is 1.32. The molecule has 4 aromatic rings. The van der Waals surface area contributed by atoms with Gasteiger partial charge in [0, 0.05) is 11.1 Å². The Bertz CT molecular complexity index is 1340. The highest BCUT2D eigenvalue weighted by Crippen LogP contribution is 2.28. The molecule has 2 aromatic heterocycles. The summed E-state index contributed by atoms with van der Waals surface area (Å²) in [4.78, 5) is 22.4. The second-order valence-electron chi connectivity index (χ2n) is 6.31. The number of halogens is 2. The van der Waals surface area contributed by atoms with E-state index in [9.17, 15) is 18.9 Å². The number of nitro benzene ring substituents is 1. The number of nitrogens with zero attached hydrogens (tertiary/aromatic N) is 6. The minimum atomic E-state index is -1.06. The summed E-state index contributed by atoms with van der Waals surface area (Å²) in [5.41, 5.74) is 6.63. The van der Waals surface area contributed by atoms with E-state index in [0.29, 0.717) is 34.5 Å². The zero-order chi connectivity index (χ0) is 25.4. The van der Waals surface area contributed by atoms with Crippen LogP contribution in [0.5, 0.6) is 0 Å². The van der Waals surface area contributed by atoms with Crippen molar-refractivity contribution in [3.8, 4) is 17.3 Å². The summed E-state index contributed by atoms with van der Waals surface area (Å²) in [6.45, 7) is 7.68. The van der Waals surface area contributed by atoms with Crippen LogP contribution < -0.4 is 5.73 Å². The van der Waals surface area contributed by atoms with Gasteiger partial charge in [0.05, 0.1) is 41.6 Å². The van der Waals surface area contributed by atoms with Gasteiger partial charge in [-0.25, -0.2) is 18.7 Å². The number of nitrogens with two attached hydrogens (primary N) is 1. The Labute approximate surface area is 194 Å². The maximum atomic E-state index is 14.3. The van der Waals surface area contributed by atoms with Crippen molar-refractivity contribution in [3.63, 3.8) is 0 Å². The topological polar surface area (TPSA) is 137 Å². The average molecular weight is 467 g/mol. The van der Waals surface area contributed by atoms with Crippen LogP contribution in [0.25, 0.3) is 22.4 Å². The van der Waals surface area contributed by atoms with Gasteiger partial charge in [0.15, 0.2) is 5.65 Å². The third-order valence-electron chi connectivity index (χ3n) is 4.41. The van der Waals surface area contributed by atoms with Crippen LogP contribution in [0.2, 0.25) is 0 Å². The molecule has 0 saturated heterocycles. The van der Waals surface area contributed by atoms with Crippen molar-refractivity contribution in [2.24, 2.45) is 0 Å². The number of nitro groups is 1. The van der Waals surface area contributed by atoms with E-state index in [1.165, 1.54) is 10.9 Å². The van der Waals surface area contributed by atoms with Crippen molar-refractivity contribution in [2.45, 2.75) is 34.2 Å². The first kappa shape index (κ1) is 25.8. The number of hydrogen-bond acceptors (Lipinski definition) is 7. The van der Waals surface area contributed by atoms with E-state index in [0.717, 1.165) is 0 Å². The molecule has 0 aliphatic rings. The van der Waals surface area contributed by atoms with E-state index in [1.54, 1.807) is 24.3 Å². The van der Waals surface area contributed by atoms with Crippen molar-refractivity contribution in [2.75, 3.05) is 5.73 Å². The van der Waals surface area contributed by atoms with E-state index < -0.39 is 22.2 Å². The fraction of sp³-hybridized carbons (Fsp3) is 0.217. The summed E-state index contributed by atoms with van der Waals surface area (Å²) >= 11 is 0. The lowest BCUT2D eigenvalue weighted by molar-refractivity contribution is -0.385. The Morgan fingerprint density at radius 3 is 2.35 bits per heavy atom. The predicted octanol–water partition coefficient (Wildman–Crippen LogP) is 5.23. The van der Waals surface area contributed by atoms with Gasteiger partial charge in [-0.1, -0.05) is 39.8 Å².